The number of hydrogen-bond acceptors (Lipinski definition) is 1. The molecule has 2 nitrogen and oxygen atoms in total. The zero-order valence-electron chi connectivity index (χ0n) is 12.4. The second-order valence-corrected chi connectivity index (χ2v) is 6.28. The van der Waals surface area contributed by atoms with Crippen molar-refractivity contribution in [1.82, 2.24) is 4.90 Å². The summed E-state index contributed by atoms with van der Waals surface area (Å²) in [6.45, 7) is 12.8. The Morgan fingerprint density at radius 3 is 2.35 bits per heavy atom. The van der Waals surface area contributed by atoms with Crippen LogP contribution in [0.1, 0.15) is 48.0 Å². The molecule has 1 rings (SSSR count). The first kappa shape index (κ1) is 14.3. The van der Waals surface area contributed by atoms with Crippen molar-refractivity contribution in [3.63, 3.8) is 0 Å². The highest BCUT2D eigenvalue weighted by molar-refractivity contribution is 5.83. The molecule has 0 saturated heterocycles. The van der Waals surface area contributed by atoms with Gasteiger partial charge < -0.3 is 4.90 Å². The minimum atomic E-state index is 0.135. The van der Waals surface area contributed by atoms with Crippen molar-refractivity contribution in [2.75, 3.05) is 7.05 Å². The first-order valence-corrected chi connectivity index (χ1v) is 6.65. The van der Waals surface area contributed by atoms with Crippen molar-refractivity contribution in [3.05, 3.63) is 11.6 Å². The molecule has 0 radical (unpaired) electrons. The van der Waals surface area contributed by atoms with Gasteiger partial charge in [-0.15, -0.1) is 0 Å². The predicted octanol–water partition coefficient (Wildman–Crippen LogP) is 3.48. The highest BCUT2D eigenvalue weighted by Crippen LogP contribution is 2.60. The van der Waals surface area contributed by atoms with Crippen molar-refractivity contribution in [2.45, 2.75) is 54.0 Å². The van der Waals surface area contributed by atoms with E-state index in [4.69, 9.17) is 0 Å². The third kappa shape index (κ3) is 2.72. The Balaban J connectivity index is 2.76. The summed E-state index contributed by atoms with van der Waals surface area (Å²) in [6, 6.07) is 0.339. The third-order valence-electron chi connectivity index (χ3n) is 4.29. The van der Waals surface area contributed by atoms with Gasteiger partial charge in [0.15, 0.2) is 0 Å². The van der Waals surface area contributed by atoms with Crippen LogP contribution < -0.4 is 0 Å². The van der Waals surface area contributed by atoms with Gasteiger partial charge in [-0.25, -0.2) is 0 Å². The summed E-state index contributed by atoms with van der Waals surface area (Å²) in [6.07, 6.45) is 3.27. The molecule has 98 valence electrons. The number of hydrogen-bond donors (Lipinski definition) is 0. The Bertz CT molecular complexity index is 326. The molecule has 2 heteroatoms. The highest BCUT2D eigenvalue weighted by atomic mass is 16.2. The Morgan fingerprint density at radius 2 is 1.94 bits per heavy atom. The van der Waals surface area contributed by atoms with Crippen LogP contribution in [0, 0.1) is 17.3 Å². The molecule has 0 aliphatic heterocycles. The van der Waals surface area contributed by atoms with Gasteiger partial charge >= 0.3 is 0 Å². The van der Waals surface area contributed by atoms with Gasteiger partial charge in [0.1, 0.15) is 0 Å². The number of nitrogens with zero attached hydrogens (tertiary/aromatic N) is 1. The SMILES string of the molecule is CCC(C)N(C)C(=O)C1C(C=C(C)C)C1(C)C. The molecular formula is C15H27NO. The average Bonchev–Trinajstić information content (AvgIpc) is 2.76. The molecule has 0 heterocycles. The highest BCUT2D eigenvalue weighted by Gasteiger charge is 2.61. The largest absolute Gasteiger partial charge is 0.343 e. The van der Waals surface area contributed by atoms with Crippen LogP contribution >= 0.6 is 0 Å². The van der Waals surface area contributed by atoms with Crippen LogP contribution in [0.25, 0.3) is 0 Å². The van der Waals surface area contributed by atoms with Gasteiger partial charge in [-0.1, -0.05) is 32.4 Å². The second kappa shape index (κ2) is 4.83. The molecular weight excluding hydrogens is 210 g/mol. The Kier molecular flexibility index (Phi) is 4.06. The maximum absolute atomic E-state index is 12.4. The number of rotatable bonds is 4. The Hall–Kier alpha value is -0.790. The van der Waals surface area contributed by atoms with Crippen LogP contribution in [0.5, 0.6) is 0 Å². The van der Waals surface area contributed by atoms with Crippen molar-refractivity contribution in [3.8, 4) is 0 Å². The number of amides is 1. The average molecular weight is 237 g/mol. The number of carbonyl (C=O) groups excluding carboxylic acids is 1. The maximum Gasteiger partial charge on any atom is 0.226 e. The van der Waals surface area contributed by atoms with Gasteiger partial charge in [0, 0.05) is 13.1 Å². The van der Waals surface area contributed by atoms with Crippen molar-refractivity contribution >= 4 is 5.91 Å². The van der Waals surface area contributed by atoms with Gasteiger partial charge in [0.2, 0.25) is 5.91 Å². The van der Waals surface area contributed by atoms with Crippen molar-refractivity contribution < 1.29 is 4.79 Å². The maximum atomic E-state index is 12.4. The van der Waals surface area contributed by atoms with E-state index in [1.165, 1.54) is 5.57 Å². The predicted molar refractivity (Wildman–Crippen MR) is 72.7 cm³/mol. The molecule has 3 atom stereocenters. The second-order valence-electron chi connectivity index (χ2n) is 6.28. The van der Waals surface area contributed by atoms with E-state index in [1.54, 1.807) is 0 Å². The first-order valence-electron chi connectivity index (χ1n) is 6.65. The lowest BCUT2D eigenvalue weighted by Gasteiger charge is -2.24. The monoisotopic (exact) mass is 237 g/mol. The fraction of sp³-hybridized carbons (Fsp3) is 0.800. The van der Waals surface area contributed by atoms with E-state index in [1.807, 2.05) is 11.9 Å². The summed E-state index contributed by atoms with van der Waals surface area (Å²) in [5.74, 6) is 0.912. The summed E-state index contributed by atoms with van der Waals surface area (Å²) in [5, 5.41) is 0. The molecule has 0 aromatic heterocycles. The minimum Gasteiger partial charge on any atom is -0.343 e. The fourth-order valence-electron chi connectivity index (χ4n) is 2.53. The Labute approximate surface area is 106 Å². The molecule has 3 unspecified atom stereocenters. The van der Waals surface area contributed by atoms with Gasteiger partial charge in [-0.05, 0) is 38.5 Å². The van der Waals surface area contributed by atoms with E-state index in [0.717, 1.165) is 6.42 Å². The number of allylic oxidation sites excluding steroid dienone is 2. The molecule has 0 spiro atoms. The van der Waals surface area contributed by atoms with Gasteiger partial charge in [0.05, 0.1) is 5.92 Å². The summed E-state index contributed by atoms with van der Waals surface area (Å²) < 4.78 is 0. The number of carbonyl (C=O) groups is 1. The molecule has 1 fully saturated rings. The van der Waals surface area contributed by atoms with E-state index >= 15 is 0 Å². The van der Waals surface area contributed by atoms with Crippen LogP contribution in [-0.2, 0) is 4.79 Å². The summed E-state index contributed by atoms with van der Waals surface area (Å²) in [7, 11) is 1.93. The van der Waals surface area contributed by atoms with Crippen LogP contribution in [0.15, 0.2) is 11.6 Å². The zero-order valence-corrected chi connectivity index (χ0v) is 12.4. The molecule has 1 saturated carbocycles. The van der Waals surface area contributed by atoms with E-state index in [0.29, 0.717) is 17.9 Å². The minimum absolute atomic E-state index is 0.135. The Morgan fingerprint density at radius 1 is 1.41 bits per heavy atom. The van der Waals surface area contributed by atoms with Crippen LogP contribution in [-0.4, -0.2) is 23.9 Å². The third-order valence-corrected chi connectivity index (χ3v) is 4.29. The molecule has 1 amide bonds. The van der Waals surface area contributed by atoms with Crippen molar-refractivity contribution in [2.24, 2.45) is 17.3 Å². The van der Waals surface area contributed by atoms with E-state index < -0.39 is 0 Å². The molecule has 0 aromatic carbocycles. The van der Waals surface area contributed by atoms with Gasteiger partial charge in [-0.2, -0.15) is 0 Å². The van der Waals surface area contributed by atoms with Crippen LogP contribution in [0.2, 0.25) is 0 Å². The van der Waals surface area contributed by atoms with E-state index in [9.17, 15) is 4.79 Å². The molecule has 17 heavy (non-hydrogen) atoms. The zero-order chi connectivity index (χ0) is 13.4. The molecule has 0 N–H and O–H groups in total. The van der Waals surface area contributed by atoms with Crippen LogP contribution in [0.4, 0.5) is 0 Å². The van der Waals surface area contributed by atoms with Gasteiger partial charge in [-0.3, -0.25) is 4.79 Å². The van der Waals surface area contributed by atoms with E-state index in [2.05, 4.69) is 47.6 Å². The quantitative estimate of drug-likeness (QED) is 0.685. The molecule has 0 bridgehead atoms. The molecule has 0 aromatic rings. The van der Waals surface area contributed by atoms with Crippen LogP contribution in [0.3, 0.4) is 0 Å². The fourth-order valence-corrected chi connectivity index (χ4v) is 2.53. The van der Waals surface area contributed by atoms with Crippen molar-refractivity contribution in [1.29, 1.82) is 0 Å². The smallest absolute Gasteiger partial charge is 0.226 e. The topological polar surface area (TPSA) is 20.3 Å². The lowest BCUT2D eigenvalue weighted by atomic mass is 10.1. The normalized spacial score (nSPS) is 27.2. The lowest BCUT2D eigenvalue weighted by molar-refractivity contribution is -0.134. The summed E-state index contributed by atoms with van der Waals surface area (Å²) in [5.41, 5.74) is 1.44. The summed E-state index contributed by atoms with van der Waals surface area (Å²) in [4.78, 5) is 14.3. The first-order chi connectivity index (χ1) is 7.73. The standard InChI is InChI=1S/C15H27NO/c1-8-11(4)16(7)14(17)13-12(9-10(2)3)15(13,5)6/h9,11-13H,8H2,1-7H3. The van der Waals surface area contributed by atoms with Gasteiger partial charge in [0.25, 0.3) is 0 Å². The lowest BCUT2D eigenvalue weighted by Crippen LogP contribution is -2.36. The molecule has 1 aliphatic rings. The summed E-state index contributed by atoms with van der Waals surface area (Å²) >= 11 is 0. The van der Waals surface area contributed by atoms with E-state index in [-0.39, 0.29) is 11.3 Å². The molecule has 1 aliphatic carbocycles.